The maximum Gasteiger partial charge on any atom is 0.325 e. The molecule has 4 nitrogen and oxygen atoms in total. The highest BCUT2D eigenvalue weighted by atomic mass is 35.5. The summed E-state index contributed by atoms with van der Waals surface area (Å²) in [6.07, 6.45) is 0. The number of aliphatic carboxylic acids is 1. The van der Waals surface area contributed by atoms with Crippen LogP contribution in [0.5, 0.6) is 0 Å². The van der Waals surface area contributed by atoms with Gasteiger partial charge >= 0.3 is 5.97 Å². The second kappa shape index (κ2) is 4.67. The largest absolute Gasteiger partial charge is 0.480 e. The van der Waals surface area contributed by atoms with Crippen molar-refractivity contribution >= 4 is 23.3 Å². The molecule has 1 unspecified atom stereocenters. The molecule has 15 heavy (non-hydrogen) atoms. The average molecular weight is 225 g/mol. The monoisotopic (exact) mass is 224 g/mol. The molecule has 0 aliphatic rings. The van der Waals surface area contributed by atoms with E-state index in [2.05, 4.69) is 5.32 Å². The lowest BCUT2D eigenvalue weighted by atomic mass is 10.2. The zero-order valence-electron chi connectivity index (χ0n) is 7.99. The van der Waals surface area contributed by atoms with Gasteiger partial charge in [0.1, 0.15) is 6.04 Å². The zero-order valence-corrected chi connectivity index (χ0v) is 8.75. The minimum absolute atomic E-state index is 0.391. The molecule has 0 amide bonds. The van der Waals surface area contributed by atoms with Crippen molar-refractivity contribution < 1.29 is 9.90 Å². The van der Waals surface area contributed by atoms with Crippen LogP contribution in [0.3, 0.4) is 0 Å². The molecule has 0 aliphatic heterocycles. The molecule has 1 aromatic carbocycles. The summed E-state index contributed by atoms with van der Waals surface area (Å²) in [6.45, 7) is 1.50. The number of hydrogen-bond acceptors (Lipinski definition) is 3. The van der Waals surface area contributed by atoms with Crippen molar-refractivity contribution in [3.05, 3.63) is 28.8 Å². The molecule has 0 heterocycles. The van der Waals surface area contributed by atoms with Gasteiger partial charge in [0.15, 0.2) is 0 Å². The summed E-state index contributed by atoms with van der Waals surface area (Å²) in [4.78, 5) is 10.6. The number of halogens is 1. The van der Waals surface area contributed by atoms with Crippen LogP contribution in [0.25, 0.3) is 0 Å². The Kier molecular flexibility index (Phi) is 3.53. The molecule has 0 radical (unpaired) electrons. The molecule has 0 saturated heterocycles. The first-order valence-corrected chi connectivity index (χ1v) is 4.61. The Morgan fingerprint density at radius 1 is 1.67 bits per heavy atom. The van der Waals surface area contributed by atoms with Gasteiger partial charge in [0.25, 0.3) is 0 Å². The number of nitrogens with zero attached hydrogens (tertiary/aromatic N) is 1. The SMILES string of the molecule is CC(Nc1cc(C#N)ccc1Cl)C(=O)O. The topological polar surface area (TPSA) is 73.1 Å². The molecule has 0 aromatic heterocycles. The fourth-order valence-electron chi connectivity index (χ4n) is 1.00. The number of carboxylic acids is 1. The van der Waals surface area contributed by atoms with E-state index >= 15 is 0 Å². The fraction of sp³-hybridized carbons (Fsp3) is 0.200. The van der Waals surface area contributed by atoms with Crippen LogP contribution in [0.1, 0.15) is 12.5 Å². The summed E-state index contributed by atoms with van der Waals surface area (Å²) in [5, 5.41) is 20.4. The van der Waals surface area contributed by atoms with Crippen LogP contribution in [0.2, 0.25) is 5.02 Å². The van der Waals surface area contributed by atoms with Crippen LogP contribution in [0.4, 0.5) is 5.69 Å². The van der Waals surface area contributed by atoms with E-state index in [0.29, 0.717) is 16.3 Å². The van der Waals surface area contributed by atoms with E-state index in [1.807, 2.05) is 6.07 Å². The maximum atomic E-state index is 10.6. The lowest BCUT2D eigenvalue weighted by Gasteiger charge is -2.12. The summed E-state index contributed by atoms with van der Waals surface area (Å²) >= 11 is 5.84. The zero-order chi connectivity index (χ0) is 11.4. The molecular formula is C10H9ClN2O2. The third-order valence-corrected chi connectivity index (χ3v) is 2.17. The summed E-state index contributed by atoms with van der Waals surface area (Å²) in [6, 6.07) is 5.83. The van der Waals surface area contributed by atoms with E-state index in [0.717, 1.165) is 0 Å². The van der Waals surface area contributed by atoms with Gasteiger partial charge in [-0.15, -0.1) is 0 Å². The number of nitriles is 1. The van der Waals surface area contributed by atoms with Crippen molar-refractivity contribution in [3.8, 4) is 6.07 Å². The maximum absolute atomic E-state index is 10.6. The molecule has 0 bridgehead atoms. The van der Waals surface area contributed by atoms with Gasteiger partial charge in [-0.3, -0.25) is 4.79 Å². The lowest BCUT2D eigenvalue weighted by Crippen LogP contribution is -2.25. The first-order chi connectivity index (χ1) is 7.04. The Labute approximate surface area is 92.1 Å². The van der Waals surface area contributed by atoms with E-state index < -0.39 is 12.0 Å². The van der Waals surface area contributed by atoms with Crippen molar-refractivity contribution in [2.45, 2.75) is 13.0 Å². The molecule has 5 heteroatoms. The number of benzene rings is 1. The van der Waals surface area contributed by atoms with Gasteiger partial charge in [-0.25, -0.2) is 0 Å². The second-order valence-electron chi connectivity index (χ2n) is 3.01. The summed E-state index contributed by atoms with van der Waals surface area (Å²) < 4.78 is 0. The van der Waals surface area contributed by atoms with E-state index in [1.165, 1.54) is 13.0 Å². The Hall–Kier alpha value is -1.73. The van der Waals surface area contributed by atoms with Gasteiger partial charge in [0.05, 0.1) is 22.3 Å². The molecule has 0 aliphatic carbocycles. The van der Waals surface area contributed by atoms with Gasteiger partial charge in [-0.1, -0.05) is 11.6 Å². The lowest BCUT2D eigenvalue weighted by molar-refractivity contribution is -0.137. The number of anilines is 1. The average Bonchev–Trinajstić information content (AvgIpc) is 2.21. The smallest absolute Gasteiger partial charge is 0.325 e. The first-order valence-electron chi connectivity index (χ1n) is 4.23. The van der Waals surface area contributed by atoms with Gasteiger partial charge in [-0.2, -0.15) is 5.26 Å². The summed E-state index contributed by atoms with van der Waals surface area (Å²) in [5.74, 6) is -0.978. The van der Waals surface area contributed by atoms with Crippen molar-refractivity contribution in [2.24, 2.45) is 0 Å². The molecule has 1 atom stereocenters. The van der Waals surface area contributed by atoms with Crippen LogP contribution in [-0.2, 0) is 4.79 Å². The Balaban J connectivity index is 2.94. The van der Waals surface area contributed by atoms with Crippen LogP contribution in [-0.4, -0.2) is 17.1 Å². The molecule has 1 aromatic rings. The van der Waals surface area contributed by atoms with Gasteiger partial charge in [0, 0.05) is 0 Å². The third kappa shape index (κ3) is 2.86. The molecule has 0 spiro atoms. The number of hydrogen-bond donors (Lipinski definition) is 2. The van der Waals surface area contributed by atoms with Crippen molar-refractivity contribution in [2.75, 3.05) is 5.32 Å². The third-order valence-electron chi connectivity index (χ3n) is 1.84. The van der Waals surface area contributed by atoms with Crippen molar-refractivity contribution in [1.29, 1.82) is 5.26 Å². The van der Waals surface area contributed by atoms with Crippen LogP contribution < -0.4 is 5.32 Å². The normalized spacial score (nSPS) is 11.5. The summed E-state index contributed by atoms with van der Waals surface area (Å²) in [7, 11) is 0. The fourth-order valence-corrected chi connectivity index (χ4v) is 1.17. The Morgan fingerprint density at radius 2 is 2.33 bits per heavy atom. The predicted octanol–water partition coefficient (Wildman–Crippen LogP) is 2.10. The minimum atomic E-state index is -0.978. The van der Waals surface area contributed by atoms with Crippen LogP contribution in [0, 0.1) is 11.3 Å². The first kappa shape index (κ1) is 11.3. The summed E-state index contributed by atoms with van der Waals surface area (Å²) in [5.41, 5.74) is 0.880. The van der Waals surface area contributed by atoms with Gasteiger partial charge in [0.2, 0.25) is 0 Å². The number of carboxylic acid groups (broad SMARTS) is 1. The van der Waals surface area contributed by atoms with Gasteiger partial charge < -0.3 is 10.4 Å². The molecule has 2 N–H and O–H groups in total. The number of nitrogens with one attached hydrogen (secondary N) is 1. The quantitative estimate of drug-likeness (QED) is 0.825. The van der Waals surface area contributed by atoms with Crippen molar-refractivity contribution in [1.82, 2.24) is 0 Å². The van der Waals surface area contributed by atoms with E-state index in [-0.39, 0.29) is 0 Å². The van der Waals surface area contributed by atoms with E-state index in [9.17, 15) is 4.79 Å². The van der Waals surface area contributed by atoms with Crippen LogP contribution >= 0.6 is 11.6 Å². The Morgan fingerprint density at radius 3 is 2.87 bits per heavy atom. The van der Waals surface area contributed by atoms with Gasteiger partial charge in [-0.05, 0) is 25.1 Å². The Bertz CT molecular complexity index is 426. The molecule has 0 saturated carbocycles. The standard InChI is InChI=1S/C10H9ClN2O2/c1-6(10(14)15)13-9-4-7(5-12)2-3-8(9)11/h2-4,6,13H,1H3,(H,14,15). The predicted molar refractivity (Wildman–Crippen MR) is 56.9 cm³/mol. The molecule has 0 fully saturated rings. The number of carbonyl (C=O) groups is 1. The van der Waals surface area contributed by atoms with Crippen molar-refractivity contribution in [3.63, 3.8) is 0 Å². The van der Waals surface area contributed by atoms with E-state index in [1.54, 1.807) is 12.1 Å². The molecular weight excluding hydrogens is 216 g/mol. The van der Waals surface area contributed by atoms with Crippen LogP contribution in [0.15, 0.2) is 18.2 Å². The highest BCUT2D eigenvalue weighted by Crippen LogP contribution is 2.23. The number of rotatable bonds is 3. The molecule has 1 rings (SSSR count). The minimum Gasteiger partial charge on any atom is -0.480 e. The second-order valence-corrected chi connectivity index (χ2v) is 3.42. The highest BCUT2D eigenvalue weighted by Gasteiger charge is 2.12. The van der Waals surface area contributed by atoms with E-state index in [4.69, 9.17) is 22.0 Å². The highest BCUT2D eigenvalue weighted by molar-refractivity contribution is 6.33. The molecule has 78 valence electrons.